The molecule has 8 heteroatoms. The van der Waals surface area contributed by atoms with E-state index in [0.717, 1.165) is 0 Å². The minimum atomic E-state index is -1.34. The maximum absolute atomic E-state index is 11.7. The zero-order valence-corrected chi connectivity index (χ0v) is 13.0. The van der Waals surface area contributed by atoms with Crippen LogP contribution in [0.3, 0.4) is 0 Å². The highest BCUT2D eigenvalue weighted by Gasteiger charge is 2.14. The van der Waals surface area contributed by atoms with Gasteiger partial charge in [-0.15, -0.1) is 23.2 Å². The molecule has 1 N–H and O–H groups in total. The Bertz CT molecular complexity index is 546. The Hall–Kier alpha value is -1.79. The Kier molecular flexibility index (Phi) is 7.70. The molecule has 1 aromatic rings. The van der Waals surface area contributed by atoms with Gasteiger partial charge in [-0.3, -0.25) is 9.59 Å². The number of halogens is 2. The van der Waals surface area contributed by atoms with Gasteiger partial charge in [-0.2, -0.15) is 0 Å². The van der Waals surface area contributed by atoms with Crippen LogP contribution < -0.4 is 10.4 Å². The predicted octanol–water partition coefficient (Wildman–Crippen LogP) is 1.16. The highest BCUT2D eigenvalue weighted by molar-refractivity contribution is 6.21. The molecule has 0 heterocycles. The molecular weight excluding hydrogens is 333 g/mol. The second-order valence-corrected chi connectivity index (χ2v) is 4.95. The summed E-state index contributed by atoms with van der Waals surface area (Å²) >= 11 is 11.1. The number of benzene rings is 1. The van der Waals surface area contributed by atoms with Crippen LogP contribution in [0, 0.1) is 0 Å². The van der Waals surface area contributed by atoms with E-state index in [0.29, 0.717) is 5.69 Å². The van der Waals surface area contributed by atoms with E-state index >= 15 is 0 Å². The summed E-state index contributed by atoms with van der Waals surface area (Å²) in [5.74, 6) is -2.20. The van der Waals surface area contributed by atoms with Gasteiger partial charge in [0.15, 0.2) is 0 Å². The first-order valence-electron chi connectivity index (χ1n) is 6.39. The topological polar surface area (TPSA) is 95.5 Å². The average molecular weight is 347 g/mol. The Balaban J connectivity index is 2.45. The number of carbonyl (C=O) groups is 3. The zero-order chi connectivity index (χ0) is 16.5. The summed E-state index contributed by atoms with van der Waals surface area (Å²) < 4.78 is 4.93. The third kappa shape index (κ3) is 6.32. The number of ether oxygens (including phenoxy) is 1. The van der Waals surface area contributed by atoms with Gasteiger partial charge in [-0.25, -0.2) is 0 Å². The molecule has 1 aromatic carbocycles. The second kappa shape index (κ2) is 9.27. The molecule has 0 aliphatic heterocycles. The van der Waals surface area contributed by atoms with Gasteiger partial charge in [0.05, 0.1) is 24.2 Å². The van der Waals surface area contributed by atoms with Crippen LogP contribution in [0.15, 0.2) is 24.3 Å². The molecule has 0 radical (unpaired) electrons. The van der Waals surface area contributed by atoms with E-state index in [1.54, 1.807) is 0 Å². The Morgan fingerprint density at radius 2 is 1.86 bits per heavy atom. The number of amides is 1. The number of aromatic carboxylic acids is 1. The third-order valence-electron chi connectivity index (χ3n) is 2.58. The van der Waals surface area contributed by atoms with E-state index in [1.807, 2.05) is 0 Å². The summed E-state index contributed by atoms with van der Waals surface area (Å²) in [7, 11) is 0. The van der Waals surface area contributed by atoms with E-state index < -0.39 is 23.9 Å². The standard InChI is InChI=1S/C14H15Cl2NO5/c15-7-11(8-16)22-13(19)5-4-12(18)17-10-3-1-2-9(6-10)14(20)21/h1-3,6,11H,4-5,7-8H2,(H,17,18)(H,20,21)/p-1. The number of anilines is 1. The molecule has 0 saturated carbocycles. The molecule has 0 aliphatic rings. The molecule has 0 aliphatic carbocycles. The van der Waals surface area contributed by atoms with Crippen molar-refractivity contribution in [3.8, 4) is 0 Å². The Labute approximate surface area is 137 Å². The SMILES string of the molecule is O=C(CCC(=O)OC(CCl)CCl)Nc1cccc(C(=O)[O-])c1. The molecule has 0 atom stereocenters. The first kappa shape index (κ1) is 18.3. The van der Waals surface area contributed by atoms with Crippen molar-refractivity contribution in [1.82, 2.24) is 0 Å². The summed E-state index contributed by atoms with van der Waals surface area (Å²) in [6.07, 6.45) is -0.819. The molecule has 1 amide bonds. The van der Waals surface area contributed by atoms with Gasteiger partial charge in [-0.1, -0.05) is 12.1 Å². The van der Waals surface area contributed by atoms with Crippen LogP contribution in [0.2, 0.25) is 0 Å². The van der Waals surface area contributed by atoms with Crippen LogP contribution in [-0.2, 0) is 14.3 Å². The van der Waals surface area contributed by atoms with Crippen molar-refractivity contribution >= 4 is 46.7 Å². The number of carboxylic acid groups (broad SMARTS) is 1. The zero-order valence-electron chi connectivity index (χ0n) is 11.5. The van der Waals surface area contributed by atoms with Crippen molar-refractivity contribution in [2.45, 2.75) is 18.9 Å². The highest BCUT2D eigenvalue weighted by atomic mass is 35.5. The van der Waals surface area contributed by atoms with Gasteiger partial charge in [0.2, 0.25) is 5.91 Å². The number of alkyl halides is 2. The molecule has 120 valence electrons. The first-order chi connectivity index (χ1) is 10.5. The van der Waals surface area contributed by atoms with E-state index in [-0.39, 0.29) is 30.2 Å². The monoisotopic (exact) mass is 346 g/mol. The fourth-order valence-electron chi connectivity index (χ4n) is 1.51. The first-order valence-corrected chi connectivity index (χ1v) is 7.45. The summed E-state index contributed by atoms with van der Waals surface area (Å²) in [4.78, 5) is 33.9. The van der Waals surface area contributed by atoms with Gasteiger partial charge in [0.25, 0.3) is 0 Å². The fraction of sp³-hybridized carbons (Fsp3) is 0.357. The fourth-order valence-corrected chi connectivity index (χ4v) is 1.97. The Morgan fingerprint density at radius 1 is 1.18 bits per heavy atom. The smallest absolute Gasteiger partial charge is 0.306 e. The van der Waals surface area contributed by atoms with Crippen LogP contribution >= 0.6 is 23.2 Å². The van der Waals surface area contributed by atoms with Gasteiger partial charge in [0, 0.05) is 12.1 Å². The number of carbonyl (C=O) groups excluding carboxylic acids is 3. The van der Waals surface area contributed by atoms with Crippen molar-refractivity contribution in [2.75, 3.05) is 17.1 Å². The molecule has 6 nitrogen and oxygen atoms in total. The number of hydrogen-bond donors (Lipinski definition) is 1. The number of rotatable bonds is 8. The summed E-state index contributed by atoms with van der Waals surface area (Å²) in [6.45, 7) is 0. The van der Waals surface area contributed by atoms with E-state index in [4.69, 9.17) is 27.9 Å². The van der Waals surface area contributed by atoms with Gasteiger partial charge >= 0.3 is 5.97 Å². The average Bonchev–Trinajstić information content (AvgIpc) is 2.50. The van der Waals surface area contributed by atoms with Gasteiger partial charge in [0.1, 0.15) is 6.10 Å². The molecule has 1 rings (SSSR count). The van der Waals surface area contributed by atoms with Gasteiger partial charge in [-0.05, 0) is 17.7 Å². The normalized spacial score (nSPS) is 10.3. The van der Waals surface area contributed by atoms with Crippen LogP contribution in [0.4, 0.5) is 5.69 Å². The molecule has 0 unspecified atom stereocenters. The predicted molar refractivity (Wildman–Crippen MR) is 80.0 cm³/mol. The summed E-state index contributed by atoms with van der Waals surface area (Å²) in [5.41, 5.74) is 0.253. The highest BCUT2D eigenvalue weighted by Crippen LogP contribution is 2.11. The minimum Gasteiger partial charge on any atom is -0.545 e. The van der Waals surface area contributed by atoms with Crippen molar-refractivity contribution in [2.24, 2.45) is 0 Å². The minimum absolute atomic E-state index is 0.0516. The van der Waals surface area contributed by atoms with E-state index in [2.05, 4.69) is 5.32 Å². The molecule has 0 saturated heterocycles. The maximum atomic E-state index is 11.7. The molecule has 22 heavy (non-hydrogen) atoms. The maximum Gasteiger partial charge on any atom is 0.306 e. The lowest BCUT2D eigenvalue weighted by molar-refractivity contribution is -0.255. The summed E-state index contributed by atoms with van der Waals surface area (Å²) in [6, 6.07) is 5.61. The number of carboxylic acids is 1. The van der Waals surface area contributed by atoms with Crippen molar-refractivity contribution < 1.29 is 24.2 Å². The van der Waals surface area contributed by atoms with E-state index in [9.17, 15) is 19.5 Å². The van der Waals surface area contributed by atoms with Gasteiger partial charge < -0.3 is 20.0 Å². The van der Waals surface area contributed by atoms with Crippen molar-refractivity contribution in [3.05, 3.63) is 29.8 Å². The van der Waals surface area contributed by atoms with Crippen LogP contribution in [0.25, 0.3) is 0 Å². The van der Waals surface area contributed by atoms with Crippen LogP contribution in [-0.4, -0.2) is 35.7 Å². The second-order valence-electron chi connectivity index (χ2n) is 4.34. The molecule has 0 spiro atoms. The molecular formula is C14H14Cl2NO5-. The largest absolute Gasteiger partial charge is 0.545 e. The lowest BCUT2D eigenvalue weighted by Gasteiger charge is -2.12. The molecule has 0 bridgehead atoms. The summed E-state index contributed by atoms with van der Waals surface area (Å²) in [5, 5.41) is 13.2. The van der Waals surface area contributed by atoms with Crippen LogP contribution in [0.5, 0.6) is 0 Å². The lowest BCUT2D eigenvalue weighted by Crippen LogP contribution is -2.23. The number of hydrogen-bond acceptors (Lipinski definition) is 5. The van der Waals surface area contributed by atoms with Crippen molar-refractivity contribution in [3.63, 3.8) is 0 Å². The van der Waals surface area contributed by atoms with E-state index in [1.165, 1.54) is 24.3 Å². The molecule has 0 fully saturated rings. The number of nitrogens with one attached hydrogen (secondary N) is 1. The quantitative estimate of drug-likeness (QED) is 0.562. The molecule has 0 aromatic heterocycles. The lowest BCUT2D eigenvalue weighted by atomic mass is 10.2. The Morgan fingerprint density at radius 3 is 2.45 bits per heavy atom. The number of esters is 1. The van der Waals surface area contributed by atoms with Crippen molar-refractivity contribution in [1.29, 1.82) is 0 Å². The third-order valence-corrected chi connectivity index (χ3v) is 3.27. The van der Waals surface area contributed by atoms with Crippen LogP contribution in [0.1, 0.15) is 23.2 Å².